The molecule has 0 unspecified atom stereocenters. The van der Waals surface area contributed by atoms with Crippen molar-refractivity contribution in [2.75, 3.05) is 13.2 Å². The summed E-state index contributed by atoms with van der Waals surface area (Å²) in [5.74, 6) is 0. The third-order valence-electron chi connectivity index (χ3n) is 4.29. The first-order chi connectivity index (χ1) is 11.3. The van der Waals surface area contributed by atoms with Crippen molar-refractivity contribution in [3.8, 4) is 0 Å². The van der Waals surface area contributed by atoms with E-state index in [0.717, 1.165) is 39.1 Å². The number of nitrogens with one attached hydrogen (secondary N) is 1. The van der Waals surface area contributed by atoms with Crippen LogP contribution in [0.1, 0.15) is 34.4 Å². The van der Waals surface area contributed by atoms with Gasteiger partial charge in [0.05, 0.1) is 12.7 Å². The maximum atomic E-state index is 5.96. The first-order valence-electron chi connectivity index (χ1n) is 8.32. The molecule has 1 aromatic heterocycles. The second-order valence-electron chi connectivity index (χ2n) is 6.04. The molecule has 3 rings (SSSR count). The van der Waals surface area contributed by atoms with E-state index in [-0.39, 0.29) is 0 Å². The molecule has 0 atom stereocenters. The quantitative estimate of drug-likeness (QED) is 0.830. The molecule has 1 aliphatic heterocycles. The molecule has 3 nitrogen and oxygen atoms in total. The van der Waals surface area contributed by atoms with Gasteiger partial charge in [0.1, 0.15) is 0 Å². The molecule has 0 bridgehead atoms. The second-order valence-corrected chi connectivity index (χ2v) is 7.17. The molecule has 1 aliphatic rings. The Morgan fingerprint density at radius 2 is 1.83 bits per heavy atom. The van der Waals surface area contributed by atoms with Crippen LogP contribution in [0.4, 0.5) is 0 Å². The van der Waals surface area contributed by atoms with E-state index in [1.54, 1.807) is 0 Å². The lowest BCUT2D eigenvalue weighted by atomic mass is 10.1. The van der Waals surface area contributed by atoms with Crippen LogP contribution in [0.25, 0.3) is 0 Å². The van der Waals surface area contributed by atoms with Gasteiger partial charge in [0.15, 0.2) is 0 Å². The normalized spacial score (nSPS) is 15.9. The maximum Gasteiger partial charge on any atom is 0.0720 e. The molecule has 0 saturated carbocycles. The second kappa shape index (κ2) is 8.60. The van der Waals surface area contributed by atoms with Gasteiger partial charge in [-0.15, -0.1) is 11.3 Å². The fourth-order valence-electron chi connectivity index (χ4n) is 2.75. The standard InChI is InChI=1S/C19H25NO2S/c1-15-18(8-11-23-15)13-20-12-16-2-4-17(5-3-16)14-22-19-6-9-21-10-7-19/h2-5,8,11,19-20H,6-7,9-10,12-14H2,1H3. The smallest absolute Gasteiger partial charge is 0.0720 e. The van der Waals surface area contributed by atoms with Crippen LogP contribution >= 0.6 is 11.3 Å². The Balaban J connectivity index is 1.40. The van der Waals surface area contributed by atoms with Crippen LogP contribution in [0.3, 0.4) is 0 Å². The molecule has 1 N–H and O–H groups in total. The number of ether oxygens (including phenoxy) is 2. The number of benzene rings is 1. The largest absolute Gasteiger partial charge is 0.381 e. The van der Waals surface area contributed by atoms with Crippen LogP contribution in [0.5, 0.6) is 0 Å². The summed E-state index contributed by atoms with van der Waals surface area (Å²) in [6.07, 6.45) is 2.40. The van der Waals surface area contributed by atoms with Crippen molar-refractivity contribution in [2.24, 2.45) is 0 Å². The predicted octanol–water partition coefficient (Wildman–Crippen LogP) is 4.04. The van der Waals surface area contributed by atoms with Crippen LogP contribution in [0, 0.1) is 6.92 Å². The van der Waals surface area contributed by atoms with Gasteiger partial charge in [-0.3, -0.25) is 0 Å². The highest BCUT2D eigenvalue weighted by Gasteiger charge is 2.13. The third kappa shape index (κ3) is 5.15. The van der Waals surface area contributed by atoms with E-state index in [1.807, 2.05) is 11.3 Å². The van der Waals surface area contributed by atoms with Gasteiger partial charge >= 0.3 is 0 Å². The minimum absolute atomic E-state index is 0.360. The van der Waals surface area contributed by atoms with Gasteiger partial charge in [-0.05, 0) is 47.9 Å². The van der Waals surface area contributed by atoms with Crippen molar-refractivity contribution in [3.63, 3.8) is 0 Å². The molecular weight excluding hydrogens is 306 g/mol. The van der Waals surface area contributed by atoms with E-state index in [4.69, 9.17) is 9.47 Å². The summed E-state index contributed by atoms with van der Waals surface area (Å²) in [4.78, 5) is 1.40. The zero-order valence-corrected chi connectivity index (χ0v) is 14.5. The zero-order valence-electron chi connectivity index (χ0n) is 13.7. The Hall–Kier alpha value is -1.20. The van der Waals surface area contributed by atoms with Crippen LogP contribution in [0.15, 0.2) is 35.7 Å². The summed E-state index contributed by atoms with van der Waals surface area (Å²) in [6, 6.07) is 10.9. The molecular formula is C19H25NO2S. The number of aryl methyl sites for hydroxylation is 1. The highest BCUT2D eigenvalue weighted by molar-refractivity contribution is 7.10. The SMILES string of the molecule is Cc1sccc1CNCc1ccc(COC2CCOCC2)cc1. The zero-order chi connectivity index (χ0) is 15.9. The van der Waals surface area contributed by atoms with Crippen molar-refractivity contribution >= 4 is 11.3 Å². The molecule has 124 valence electrons. The van der Waals surface area contributed by atoms with E-state index in [9.17, 15) is 0 Å². The van der Waals surface area contributed by atoms with Gasteiger partial charge in [0, 0.05) is 31.2 Å². The number of thiophene rings is 1. The average Bonchev–Trinajstić information content (AvgIpc) is 3.00. The first-order valence-corrected chi connectivity index (χ1v) is 9.20. The molecule has 2 heterocycles. The summed E-state index contributed by atoms with van der Waals surface area (Å²) < 4.78 is 11.3. The molecule has 0 amide bonds. The van der Waals surface area contributed by atoms with Crippen molar-refractivity contribution in [1.82, 2.24) is 5.32 Å². The van der Waals surface area contributed by atoms with E-state index in [1.165, 1.54) is 21.6 Å². The Kier molecular flexibility index (Phi) is 6.22. The van der Waals surface area contributed by atoms with Gasteiger partial charge in [-0.2, -0.15) is 0 Å². The van der Waals surface area contributed by atoms with E-state index < -0.39 is 0 Å². The number of rotatable bonds is 7. The van der Waals surface area contributed by atoms with Crippen molar-refractivity contribution < 1.29 is 9.47 Å². The molecule has 1 aromatic carbocycles. The lowest BCUT2D eigenvalue weighted by Crippen LogP contribution is -2.23. The molecule has 0 spiro atoms. The fraction of sp³-hybridized carbons (Fsp3) is 0.474. The van der Waals surface area contributed by atoms with Crippen LogP contribution in [-0.4, -0.2) is 19.3 Å². The van der Waals surface area contributed by atoms with Gasteiger partial charge < -0.3 is 14.8 Å². The topological polar surface area (TPSA) is 30.5 Å². The lowest BCUT2D eigenvalue weighted by molar-refractivity contribution is -0.0390. The molecule has 1 saturated heterocycles. The minimum atomic E-state index is 0.360. The van der Waals surface area contributed by atoms with Crippen LogP contribution < -0.4 is 5.32 Å². The van der Waals surface area contributed by atoms with Gasteiger partial charge in [-0.25, -0.2) is 0 Å². The van der Waals surface area contributed by atoms with E-state index >= 15 is 0 Å². The van der Waals surface area contributed by atoms with E-state index in [2.05, 4.69) is 48.0 Å². The van der Waals surface area contributed by atoms with Crippen molar-refractivity contribution in [2.45, 2.75) is 45.6 Å². The van der Waals surface area contributed by atoms with Crippen molar-refractivity contribution in [3.05, 3.63) is 57.3 Å². The molecule has 0 radical (unpaired) electrons. The average molecular weight is 331 g/mol. The first kappa shape index (κ1) is 16.7. The maximum absolute atomic E-state index is 5.96. The highest BCUT2D eigenvalue weighted by Crippen LogP contribution is 2.15. The fourth-order valence-corrected chi connectivity index (χ4v) is 3.47. The summed E-state index contributed by atoms with van der Waals surface area (Å²) in [7, 11) is 0. The van der Waals surface area contributed by atoms with Crippen LogP contribution in [0.2, 0.25) is 0 Å². The Labute approximate surface area is 142 Å². The Morgan fingerprint density at radius 3 is 2.52 bits per heavy atom. The summed E-state index contributed by atoms with van der Waals surface area (Å²) in [6.45, 7) is 6.37. The molecule has 1 fully saturated rings. The molecule has 2 aromatic rings. The predicted molar refractivity (Wildman–Crippen MR) is 94.7 cm³/mol. The highest BCUT2D eigenvalue weighted by atomic mass is 32.1. The summed E-state index contributed by atoms with van der Waals surface area (Å²) in [5.41, 5.74) is 3.96. The summed E-state index contributed by atoms with van der Waals surface area (Å²) >= 11 is 1.81. The van der Waals surface area contributed by atoms with Crippen LogP contribution in [-0.2, 0) is 29.2 Å². The molecule has 4 heteroatoms. The molecule has 23 heavy (non-hydrogen) atoms. The van der Waals surface area contributed by atoms with Gasteiger partial charge in [0.25, 0.3) is 0 Å². The van der Waals surface area contributed by atoms with E-state index in [0.29, 0.717) is 12.7 Å². The monoisotopic (exact) mass is 331 g/mol. The third-order valence-corrected chi connectivity index (χ3v) is 5.18. The van der Waals surface area contributed by atoms with Gasteiger partial charge in [-0.1, -0.05) is 24.3 Å². The summed E-state index contributed by atoms with van der Waals surface area (Å²) in [5, 5.41) is 5.66. The molecule has 0 aliphatic carbocycles. The lowest BCUT2D eigenvalue weighted by Gasteiger charge is -2.22. The minimum Gasteiger partial charge on any atom is -0.381 e. The Morgan fingerprint density at radius 1 is 1.09 bits per heavy atom. The Bertz CT molecular complexity index is 588. The van der Waals surface area contributed by atoms with Gasteiger partial charge in [0.2, 0.25) is 0 Å². The number of hydrogen-bond acceptors (Lipinski definition) is 4. The number of hydrogen-bond donors (Lipinski definition) is 1. The van der Waals surface area contributed by atoms with Crippen molar-refractivity contribution in [1.29, 1.82) is 0 Å².